The van der Waals surface area contributed by atoms with Gasteiger partial charge in [-0.2, -0.15) is 0 Å². The van der Waals surface area contributed by atoms with Crippen molar-refractivity contribution < 1.29 is 4.79 Å². The summed E-state index contributed by atoms with van der Waals surface area (Å²) >= 11 is 0. The van der Waals surface area contributed by atoms with E-state index in [4.69, 9.17) is 5.73 Å². The largest absolute Gasteiger partial charge is 0.349 e. The number of amides is 1. The number of carbonyl (C=O) groups excluding carboxylic acids is 1. The molecule has 3 nitrogen and oxygen atoms in total. The molecule has 0 heterocycles. The summed E-state index contributed by atoms with van der Waals surface area (Å²) in [5, 5.41) is 3.07. The topological polar surface area (TPSA) is 55.1 Å². The lowest BCUT2D eigenvalue weighted by Crippen LogP contribution is -2.32. The Morgan fingerprint density at radius 1 is 1.25 bits per heavy atom. The van der Waals surface area contributed by atoms with E-state index in [1.165, 1.54) is 11.1 Å². The smallest absolute Gasteiger partial charge is 0.221 e. The summed E-state index contributed by atoms with van der Waals surface area (Å²) in [7, 11) is 0. The lowest BCUT2D eigenvalue weighted by molar-refractivity contribution is -0.122. The van der Waals surface area contributed by atoms with Crippen LogP contribution in [0.1, 0.15) is 50.8 Å². The summed E-state index contributed by atoms with van der Waals surface area (Å²) in [5.41, 5.74) is 7.93. The van der Waals surface area contributed by atoms with E-state index in [9.17, 15) is 4.79 Å². The van der Waals surface area contributed by atoms with Gasteiger partial charge in [0.2, 0.25) is 5.91 Å². The monoisotopic (exact) mass is 298 g/mol. The Labute approximate surface area is 128 Å². The van der Waals surface area contributed by atoms with Crippen LogP contribution in [0.4, 0.5) is 0 Å². The van der Waals surface area contributed by atoms with Crippen LogP contribution in [-0.2, 0) is 11.2 Å². The molecule has 0 radical (unpaired) electrons. The zero-order valence-electron chi connectivity index (χ0n) is 12.7. The minimum Gasteiger partial charge on any atom is -0.349 e. The number of hydrogen-bond donors (Lipinski definition) is 2. The molecule has 0 aromatic heterocycles. The molecule has 1 unspecified atom stereocenters. The van der Waals surface area contributed by atoms with Crippen molar-refractivity contribution >= 4 is 18.3 Å². The molecule has 114 valence electrons. The van der Waals surface area contributed by atoms with E-state index >= 15 is 0 Å². The van der Waals surface area contributed by atoms with E-state index in [2.05, 4.69) is 50.4 Å². The Morgan fingerprint density at radius 3 is 2.30 bits per heavy atom. The van der Waals surface area contributed by atoms with Crippen LogP contribution in [-0.4, -0.2) is 12.5 Å². The Balaban J connectivity index is 0.00000361. The zero-order chi connectivity index (χ0) is 14.3. The molecule has 3 N–H and O–H groups in total. The van der Waals surface area contributed by atoms with Crippen molar-refractivity contribution in [3.8, 4) is 0 Å². The van der Waals surface area contributed by atoms with Crippen molar-refractivity contribution in [3.05, 3.63) is 35.4 Å². The number of carbonyl (C=O) groups is 1. The van der Waals surface area contributed by atoms with E-state index in [1.807, 2.05) is 0 Å². The first kappa shape index (κ1) is 18.9. The molecule has 1 aromatic carbocycles. The van der Waals surface area contributed by atoms with Crippen molar-refractivity contribution in [1.82, 2.24) is 5.32 Å². The van der Waals surface area contributed by atoms with E-state index in [-0.39, 0.29) is 24.4 Å². The maximum atomic E-state index is 11.7. The maximum absolute atomic E-state index is 11.7. The number of benzene rings is 1. The van der Waals surface area contributed by atoms with Gasteiger partial charge >= 0.3 is 0 Å². The van der Waals surface area contributed by atoms with E-state index < -0.39 is 0 Å². The number of nitrogens with two attached hydrogens (primary N) is 1. The van der Waals surface area contributed by atoms with Crippen LogP contribution >= 0.6 is 12.4 Å². The molecule has 1 atom stereocenters. The van der Waals surface area contributed by atoms with E-state index in [0.29, 0.717) is 18.9 Å². The van der Waals surface area contributed by atoms with Gasteiger partial charge in [0.25, 0.3) is 0 Å². The molecule has 0 saturated carbocycles. The minimum absolute atomic E-state index is 0. The number of hydrogen-bond acceptors (Lipinski definition) is 2. The Hall–Kier alpha value is -1.06. The van der Waals surface area contributed by atoms with E-state index in [0.717, 1.165) is 12.8 Å². The highest BCUT2D eigenvalue weighted by molar-refractivity contribution is 5.85. The summed E-state index contributed by atoms with van der Waals surface area (Å²) in [6.07, 6.45) is 2.64. The van der Waals surface area contributed by atoms with Gasteiger partial charge in [-0.05, 0) is 23.5 Å². The van der Waals surface area contributed by atoms with Crippen LogP contribution in [0.3, 0.4) is 0 Å². The van der Waals surface area contributed by atoms with Gasteiger partial charge in [-0.25, -0.2) is 0 Å². The van der Waals surface area contributed by atoms with Crippen LogP contribution in [0, 0.1) is 5.92 Å². The van der Waals surface area contributed by atoms with Crippen molar-refractivity contribution in [2.24, 2.45) is 11.7 Å². The van der Waals surface area contributed by atoms with Crippen LogP contribution in [0.15, 0.2) is 24.3 Å². The zero-order valence-corrected chi connectivity index (χ0v) is 13.5. The molecule has 1 amide bonds. The second-order valence-electron chi connectivity index (χ2n) is 5.32. The van der Waals surface area contributed by atoms with Gasteiger partial charge in [0.15, 0.2) is 0 Å². The summed E-state index contributed by atoms with van der Waals surface area (Å²) in [6.45, 7) is 6.81. The molecule has 0 saturated heterocycles. The van der Waals surface area contributed by atoms with Gasteiger partial charge < -0.3 is 11.1 Å². The van der Waals surface area contributed by atoms with Crippen LogP contribution in [0.25, 0.3) is 0 Å². The lowest BCUT2D eigenvalue weighted by atomic mass is 9.94. The normalized spacial score (nSPS) is 11.8. The highest BCUT2D eigenvalue weighted by Gasteiger charge is 2.17. The maximum Gasteiger partial charge on any atom is 0.221 e. The molecule has 1 rings (SSSR count). The molecule has 0 aliphatic carbocycles. The van der Waals surface area contributed by atoms with Crippen LogP contribution < -0.4 is 11.1 Å². The average Bonchev–Trinajstić information content (AvgIpc) is 2.37. The first-order chi connectivity index (χ1) is 9.08. The number of rotatable bonds is 7. The fraction of sp³-hybridized carbons (Fsp3) is 0.562. The number of halogens is 1. The third kappa shape index (κ3) is 5.93. The third-order valence-corrected chi connectivity index (χ3v) is 3.23. The van der Waals surface area contributed by atoms with Crippen LogP contribution in [0.2, 0.25) is 0 Å². The number of nitrogens with one attached hydrogen (secondary N) is 1. The second-order valence-corrected chi connectivity index (χ2v) is 5.32. The van der Waals surface area contributed by atoms with Gasteiger partial charge in [-0.3, -0.25) is 4.79 Å². The van der Waals surface area contributed by atoms with Gasteiger partial charge in [-0.1, -0.05) is 51.5 Å². The van der Waals surface area contributed by atoms with Gasteiger partial charge in [-0.15, -0.1) is 12.4 Å². The molecule has 0 spiro atoms. The van der Waals surface area contributed by atoms with Gasteiger partial charge in [0.05, 0.1) is 6.04 Å². The fourth-order valence-electron chi connectivity index (χ4n) is 2.19. The average molecular weight is 299 g/mol. The first-order valence-corrected chi connectivity index (χ1v) is 7.16. The van der Waals surface area contributed by atoms with Gasteiger partial charge in [0.1, 0.15) is 0 Å². The molecule has 0 aliphatic heterocycles. The molecule has 0 bridgehead atoms. The molecule has 0 fully saturated rings. The minimum atomic E-state index is 0. The highest BCUT2D eigenvalue weighted by Crippen LogP contribution is 2.22. The summed E-state index contributed by atoms with van der Waals surface area (Å²) in [5.74, 6) is 0.387. The third-order valence-electron chi connectivity index (χ3n) is 3.23. The standard InChI is InChI=1S/C16H26N2O.ClH/c1-4-5-13-6-8-14(9-7-13)16(12(2)3)18-15(19)10-11-17;/h6-9,12,16H,4-5,10-11,17H2,1-3H3,(H,18,19);1H. The Kier molecular flexibility index (Phi) is 9.26. The van der Waals surface area contributed by atoms with Crippen molar-refractivity contribution in [1.29, 1.82) is 0 Å². The van der Waals surface area contributed by atoms with Crippen LogP contribution in [0.5, 0.6) is 0 Å². The molecular weight excluding hydrogens is 272 g/mol. The highest BCUT2D eigenvalue weighted by atomic mass is 35.5. The lowest BCUT2D eigenvalue weighted by Gasteiger charge is -2.23. The molecule has 20 heavy (non-hydrogen) atoms. The van der Waals surface area contributed by atoms with Crippen molar-refractivity contribution in [2.45, 2.75) is 46.1 Å². The predicted molar refractivity (Wildman–Crippen MR) is 87.1 cm³/mol. The first-order valence-electron chi connectivity index (χ1n) is 7.16. The second kappa shape index (κ2) is 9.78. The van der Waals surface area contributed by atoms with Gasteiger partial charge in [0, 0.05) is 13.0 Å². The van der Waals surface area contributed by atoms with E-state index in [1.54, 1.807) is 0 Å². The summed E-state index contributed by atoms with van der Waals surface area (Å²) in [6, 6.07) is 8.62. The SMILES string of the molecule is CCCc1ccc(C(NC(=O)CCN)C(C)C)cc1.Cl. The summed E-state index contributed by atoms with van der Waals surface area (Å²) < 4.78 is 0. The number of aryl methyl sites for hydroxylation is 1. The fourth-order valence-corrected chi connectivity index (χ4v) is 2.19. The quantitative estimate of drug-likeness (QED) is 0.812. The summed E-state index contributed by atoms with van der Waals surface area (Å²) in [4.78, 5) is 11.7. The Bertz CT molecular complexity index is 390. The Morgan fingerprint density at radius 2 is 1.85 bits per heavy atom. The van der Waals surface area contributed by atoms with Crippen molar-refractivity contribution in [3.63, 3.8) is 0 Å². The molecule has 4 heteroatoms. The molecule has 1 aromatic rings. The predicted octanol–water partition coefficient (Wildman–Crippen LogP) is 3.22. The van der Waals surface area contributed by atoms with Crippen molar-refractivity contribution in [2.75, 3.05) is 6.54 Å². The molecule has 0 aliphatic rings. The molecular formula is C16H27ClN2O.